The Bertz CT molecular complexity index is 855. The third-order valence-electron chi connectivity index (χ3n) is 6.37. The van der Waals surface area contributed by atoms with Crippen LogP contribution in [0.1, 0.15) is 55.7 Å². The predicted octanol–water partition coefficient (Wildman–Crippen LogP) is 4.44. The van der Waals surface area contributed by atoms with E-state index in [-0.39, 0.29) is 24.4 Å². The average molecular weight is 475 g/mol. The van der Waals surface area contributed by atoms with Gasteiger partial charge in [-0.15, -0.1) is 12.4 Å². The molecule has 0 aromatic heterocycles. The highest BCUT2D eigenvalue weighted by Gasteiger charge is 2.21. The number of carbonyl (C=O) groups is 1. The lowest BCUT2D eigenvalue weighted by atomic mass is 9.84. The molecule has 3 N–H and O–H groups in total. The predicted molar refractivity (Wildman–Crippen MR) is 136 cm³/mol. The number of aliphatic hydroxyl groups is 1. The molecule has 1 aliphatic rings. The molecular weight excluding hydrogens is 436 g/mol. The number of carbonyl (C=O) groups excluding carboxylic acids is 1. The Hall–Kier alpha value is -2.08. The number of aliphatic hydroxyl groups excluding tert-OH is 1. The molecule has 0 aliphatic heterocycles. The minimum absolute atomic E-state index is 0. The smallest absolute Gasteiger partial charge is 0.217 e. The maximum absolute atomic E-state index is 11.8. The van der Waals surface area contributed by atoms with E-state index in [1.54, 1.807) is 7.11 Å². The Kier molecular flexibility index (Phi) is 11.7. The number of benzene rings is 2. The first-order valence-corrected chi connectivity index (χ1v) is 11.9. The van der Waals surface area contributed by atoms with Crippen molar-refractivity contribution < 1.29 is 14.6 Å². The van der Waals surface area contributed by atoms with Crippen LogP contribution in [-0.4, -0.2) is 36.8 Å². The molecule has 5 nitrogen and oxygen atoms in total. The number of nitrogens with one attached hydrogen (secondary N) is 2. The molecule has 0 radical (unpaired) electrons. The number of methoxy groups -OCH3 is 1. The number of ether oxygens (including phenoxy) is 1. The van der Waals surface area contributed by atoms with Crippen molar-refractivity contribution in [1.29, 1.82) is 0 Å². The van der Waals surface area contributed by atoms with Crippen LogP contribution in [0.3, 0.4) is 0 Å². The van der Waals surface area contributed by atoms with Crippen LogP contribution in [-0.2, 0) is 24.2 Å². The lowest BCUT2D eigenvalue weighted by molar-refractivity contribution is -0.120. The van der Waals surface area contributed by atoms with E-state index in [4.69, 9.17) is 4.74 Å². The van der Waals surface area contributed by atoms with Crippen LogP contribution in [0.25, 0.3) is 0 Å². The van der Waals surface area contributed by atoms with Gasteiger partial charge in [0.05, 0.1) is 19.3 Å². The van der Waals surface area contributed by atoms with Gasteiger partial charge in [0.1, 0.15) is 5.75 Å². The van der Waals surface area contributed by atoms with Crippen LogP contribution in [0.2, 0.25) is 0 Å². The summed E-state index contributed by atoms with van der Waals surface area (Å²) in [5.74, 6) is 1.48. The second-order valence-electron chi connectivity index (χ2n) is 9.09. The molecule has 0 saturated heterocycles. The molecule has 1 aliphatic carbocycles. The number of hydrogen-bond donors (Lipinski definition) is 3. The van der Waals surface area contributed by atoms with E-state index in [2.05, 4.69) is 34.9 Å². The number of amides is 1. The number of halogens is 1. The Morgan fingerprint density at radius 2 is 1.76 bits per heavy atom. The third-order valence-corrected chi connectivity index (χ3v) is 6.37. The van der Waals surface area contributed by atoms with Gasteiger partial charge in [-0.25, -0.2) is 0 Å². The zero-order chi connectivity index (χ0) is 22.8. The molecule has 0 bridgehead atoms. The second-order valence-corrected chi connectivity index (χ2v) is 9.09. The van der Waals surface area contributed by atoms with Gasteiger partial charge in [-0.3, -0.25) is 4.79 Å². The van der Waals surface area contributed by atoms with Crippen molar-refractivity contribution in [1.82, 2.24) is 10.6 Å². The van der Waals surface area contributed by atoms with Crippen LogP contribution in [0.15, 0.2) is 48.5 Å². The average Bonchev–Trinajstić information content (AvgIpc) is 2.79. The van der Waals surface area contributed by atoms with E-state index in [1.807, 2.05) is 24.3 Å². The minimum Gasteiger partial charge on any atom is -0.497 e. The maximum atomic E-state index is 11.8. The second kappa shape index (κ2) is 14.2. The van der Waals surface area contributed by atoms with Gasteiger partial charge in [0, 0.05) is 20.0 Å². The molecule has 2 aromatic carbocycles. The molecule has 2 aromatic rings. The lowest BCUT2D eigenvalue weighted by Crippen LogP contribution is -2.48. The summed E-state index contributed by atoms with van der Waals surface area (Å²) in [6.07, 6.45) is 7.79. The lowest BCUT2D eigenvalue weighted by Gasteiger charge is -2.25. The summed E-state index contributed by atoms with van der Waals surface area (Å²) < 4.78 is 5.26. The molecule has 33 heavy (non-hydrogen) atoms. The van der Waals surface area contributed by atoms with Gasteiger partial charge in [0.15, 0.2) is 0 Å². The third kappa shape index (κ3) is 9.36. The summed E-state index contributed by atoms with van der Waals surface area (Å²) in [4.78, 5) is 11.8. The van der Waals surface area contributed by atoms with Crippen LogP contribution >= 0.6 is 12.4 Å². The molecule has 1 amide bonds. The van der Waals surface area contributed by atoms with Crippen molar-refractivity contribution in [3.05, 3.63) is 65.2 Å². The summed E-state index contributed by atoms with van der Waals surface area (Å²) in [7, 11) is 1.65. The van der Waals surface area contributed by atoms with Gasteiger partial charge in [-0.1, -0.05) is 68.5 Å². The van der Waals surface area contributed by atoms with Gasteiger partial charge in [-0.2, -0.15) is 0 Å². The summed E-state index contributed by atoms with van der Waals surface area (Å²) in [5.41, 5.74) is 3.61. The van der Waals surface area contributed by atoms with E-state index < -0.39 is 6.10 Å². The first kappa shape index (κ1) is 27.2. The summed E-state index contributed by atoms with van der Waals surface area (Å²) >= 11 is 0. The quantitative estimate of drug-likeness (QED) is 0.450. The highest BCUT2D eigenvalue weighted by Crippen LogP contribution is 2.27. The van der Waals surface area contributed by atoms with E-state index in [0.717, 1.165) is 29.2 Å². The molecule has 1 saturated carbocycles. The van der Waals surface area contributed by atoms with Crippen LogP contribution < -0.4 is 15.4 Å². The Morgan fingerprint density at radius 3 is 2.48 bits per heavy atom. The Morgan fingerprint density at radius 1 is 1.06 bits per heavy atom. The van der Waals surface area contributed by atoms with Gasteiger partial charge < -0.3 is 20.5 Å². The highest BCUT2D eigenvalue weighted by molar-refractivity contribution is 5.85. The minimum atomic E-state index is -0.688. The molecule has 1 fully saturated rings. The fourth-order valence-electron chi connectivity index (χ4n) is 4.70. The van der Waals surface area contributed by atoms with E-state index >= 15 is 0 Å². The van der Waals surface area contributed by atoms with Gasteiger partial charge in [0.2, 0.25) is 5.91 Å². The van der Waals surface area contributed by atoms with Crippen molar-refractivity contribution in [2.75, 3.05) is 13.7 Å². The monoisotopic (exact) mass is 474 g/mol. The summed E-state index contributed by atoms with van der Waals surface area (Å²) in [6, 6.07) is 16.2. The molecular formula is C27H39ClN2O3. The fourth-order valence-corrected chi connectivity index (χ4v) is 4.70. The fraction of sp³-hybridized carbons (Fsp3) is 0.519. The highest BCUT2D eigenvalue weighted by atomic mass is 35.5. The van der Waals surface area contributed by atoms with Crippen molar-refractivity contribution in [3.8, 4) is 5.75 Å². The molecule has 6 heteroatoms. The molecule has 182 valence electrons. The first-order valence-electron chi connectivity index (χ1n) is 11.9. The zero-order valence-electron chi connectivity index (χ0n) is 19.9. The van der Waals surface area contributed by atoms with E-state index in [1.165, 1.54) is 44.6 Å². The van der Waals surface area contributed by atoms with Gasteiger partial charge in [0.25, 0.3) is 0 Å². The molecule has 1 unspecified atom stereocenters. The van der Waals surface area contributed by atoms with Crippen LogP contribution in [0.5, 0.6) is 5.75 Å². The van der Waals surface area contributed by atoms with E-state index in [9.17, 15) is 9.90 Å². The van der Waals surface area contributed by atoms with Crippen molar-refractivity contribution in [3.63, 3.8) is 0 Å². The molecule has 2 atom stereocenters. The van der Waals surface area contributed by atoms with Gasteiger partial charge >= 0.3 is 0 Å². The number of rotatable bonds is 11. The largest absolute Gasteiger partial charge is 0.497 e. The summed E-state index contributed by atoms with van der Waals surface area (Å²) in [5, 5.41) is 17.1. The van der Waals surface area contributed by atoms with E-state index in [0.29, 0.717) is 19.5 Å². The maximum Gasteiger partial charge on any atom is 0.217 e. The summed E-state index contributed by atoms with van der Waals surface area (Å²) in [6.45, 7) is 2.52. The normalized spacial score (nSPS) is 15.8. The molecule has 0 spiro atoms. The molecule has 0 heterocycles. The van der Waals surface area contributed by atoms with Gasteiger partial charge in [-0.05, 0) is 47.6 Å². The van der Waals surface area contributed by atoms with Crippen molar-refractivity contribution >= 4 is 18.3 Å². The van der Waals surface area contributed by atoms with Crippen LogP contribution in [0.4, 0.5) is 0 Å². The number of hydrogen-bond acceptors (Lipinski definition) is 4. The molecule has 3 rings (SSSR count). The standard InChI is InChI=1S/C27H38N2O3.ClH/c1-20(30)29-26(27(31)19-28-18-24-12-7-13-25(16-24)32-2)17-23-11-6-10-22(15-23)14-21-8-4-3-5-9-21;/h6-7,10-13,15-16,21,26-28,31H,3-5,8-9,14,17-19H2,1-2H3,(H,29,30);1H/t26?,27-;/m1./s1. The van der Waals surface area contributed by atoms with Crippen LogP contribution in [0, 0.1) is 5.92 Å². The Labute approximate surface area is 204 Å². The SMILES string of the molecule is COc1cccc(CNC[C@@H](O)C(Cc2cccc(CC3CCCCC3)c2)NC(C)=O)c1.Cl. The Balaban J connectivity index is 0.00000385. The first-order chi connectivity index (χ1) is 15.5. The topological polar surface area (TPSA) is 70.6 Å². The zero-order valence-corrected chi connectivity index (χ0v) is 20.7. The van der Waals surface area contributed by atoms with Crippen molar-refractivity contribution in [2.24, 2.45) is 5.92 Å². The van der Waals surface area contributed by atoms with Crippen molar-refractivity contribution in [2.45, 2.75) is 70.6 Å².